The number of hydrogen-bond acceptors (Lipinski definition) is 1. The molecule has 1 rings (SSSR count). The summed E-state index contributed by atoms with van der Waals surface area (Å²) in [7, 11) is 0. The van der Waals surface area contributed by atoms with Gasteiger partial charge in [0.05, 0.1) is 34.3 Å². The van der Waals surface area contributed by atoms with E-state index < -0.39 is 0 Å². The van der Waals surface area contributed by atoms with Crippen molar-refractivity contribution in [3.05, 3.63) is 17.5 Å². The molecular formula is C9H15IN2. The van der Waals surface area contributed by atoms with Gasteiger partial charge in [0.15, 0.2) is 0 Å². The molecule has 1 aromatic rings. The molecule has 68 valence electrons. The van der Waals surface area contributed by atoms with E-state index in [1.807, 2.05) is 2.90 Å². The molecule has 0 saturated heterocycles. The SMILES string of the molecule is CC(C)c1cc(C(C)C)n(I)n1. The molecule has 1 aromatic heterocycles. The molecule has 0 N–H and O–H groups in total. The van der Waals surface area contributed by atoms with Gasteiger partial charge in [-0.2, -0.15) is 5.10 Å². The van der Waals surface area contributed by atoms with E-state index in [1.165, 1.54) is 11.4 Å². The van der Waals surface area contributed by atoms with Crippen LogP contribution in [0.1, 0.15) is 50.9 Å². The van der Waals surface area contributed by atoms with Crippen LogP contribution in [0.2, 0.25) is 0 Å². The minimum absolute atomic E-state index is 0.526. The zero-order valence-electron chi connectivity index (χ0n) is 8.00. The minimum Gasteiger partial charge on any atom is -0.208 e. The van der Waals surface area contributed by atoms with Crippen LogP contribution in [-0.4, -0.2) is 7.99 Å². The van der Waals surface area contributed by atoms with Gasteiger partial charge in [-0.25, -0.2) is 2.90 Å². The highest BCUT2D eigenvalue weighted by Crippen LogP contribution is 2.21. The lowest BCUT2D eigenvalue weighted by Gasteiger charge is -2.00. The molecule has 0 saturated carbocycles. The smallest absolute Gasteiger partial charge is 0.0847 e. The van der Waals surface area contributed by atoms with Gasteiger partial charge in [-0.05, 0) is 17.9 Å². The van der Waals surface area contributed by atoms with E-state index in [2.05, 4.69) is 61.7 Å². The second-order valence-electron chi connectivity index (χ2n) is 3.66. The first-order chi connectivity index (χ1) is 5.52. The highest BCUT2D eigenvalue weighted by molar-refractivity contribution is 14.1. The Labute approximate surface area is 87.8 Å². The van der Waals surface area contributed by atoms with Crippen molar-refractivity contribution < 1.29 is 0 Å². The molecule has 0 fully saturated rings. The van der Waals surface area contributed by atoms with E-state index in [0.29, 0.717) is 11.8 Å². The number of rotatable bonds is 2. The van der Waals surface area contributed by atoms with Gasteiger partial charge in [0, 0.05) is 0 Å². The fraction of sp³-hybridized carbons (Fsp3) is 0.667. The summed E-state index contributed by atoms with van der Waals surface area (Å²) in [5.41, 5.74) is 2.49. The van der Waals surface area contributed by atoms with E-state index in [1.54, 1.807) is 0 Å². The maximum Gasteiger partial charge on any atom is 0.0847 e. The normalized spacial score (nSPS) is 11.6. The summed E-state index contributed by atoms with van der Waals surface area (Å²) in [6, 6.07) is 2.20. The van der Waals surface area contributed by atoms with Gasteiger partial charge >= 0.3 is 0 Å². The summed E-state index contributed by atoms with van der Waals surface area (Å²) in [5, 5.41) is 4.43. The average molecular weight is 278 g/mol. The molecule has 0 unspecified atom stereocenters. The molecule has 12 heavy (non-hydrogen) atoms. The Kier molecular flexibility index (Phi) is 3.15. The fourth-order valence-electron chi connectivity index (χ4n) is 1.05. The molecule has 2 nitrogen and oxygen atoms in total. The van der Waals surface area contributed by atoms with Crippen molar-refractivity contribution in [2.75, 3.05) is 0 Å². The van der Waals surface area contributed by atoms with E-state index >= 15 is 0 Å². The first kappa shape index (κ1) is 10.0. The monoisotopic (exact) mass is 278 g/mol. The zero-order chi connectivity index (χ0) is 9.30. The van der Waals surface area contributed by atoms with Crippen LogP contribution >= 0.6 is 22.9 Å². The quantitative estimate of drug-likeness (QED) is 0.759. The van der Waals surface area contributed by atoms with Gasteiger partial charge in [0.25, 0.3) is 0 Å². The average Bonchev–Trinajstić information content (AvgIpc) is 2.30. The number of aromatic nitrogens is 2. The van der Waals surface area contributed by atoms with Gasteiger partial charge in [0.1, 0.15) is 0 Å². The van der Waals surface area contributed by atoms with Crippen LogP contribution in [-0.2, 0) is 0 Å². The van der Waals surface area contributed by atoms with Crippen molar-refractivity contribution in [2.45, 2.75) is 39.5 Å². The molecule has 0 aromatic carbocycles. The molecule has 1 heterocycles. The van der Waals surface area contributed by atoms with Crippen molar-refractivity contribution in [2.24, 2.45) is 0 Å². The molecule has 0 bridgehead atoms. The molecule has 3 heteroatoms. The van der Waals surface area contributed by atoms with Crippen molar-refractivity contribution in [1.82, 2.24) is 7.99 Å². The van der Waals surface area contributed by atoms with Crippen LogP contribution in [0.5, 0.6) is 0 Å². The molecular weight excluding hydrogens is 263 g/mol. The first-order valence-electron chi connectivity index (χ1n) is 4.28. The summed E-state index contributed by atoms with van der Waals surface area (Å²) in [6.07, 6.45) is 0. The second kappa shape index (κ2) is 3.77. The lowest BCUT2D eigenvalue weighted by atomic mass is 10.1. The Morgan fingerprint density at radius 3 is 2.08 bits per heavy atom. The van der Waals surface area contributed by atoms with Gasteiger partial charge in [-0.3, -0.25) is 0 Å². The largest absolute Gasteiger partial charge is 0.208 e. The zero-order valence-corrected chi connectivity index (χ0v) is 10.2. The minimum atomic E-state index is 0.526. The topological polar surface area (TPSA) is 17.8 Å². The van der Waals surface area contributed by atoms with E-state index in [-0.39, 0.29) is 0 Å². The molecule has 0 aliphatic rings. The molecule has 0 aliphatic heterocycles. The summed E-state index contributed by atoms with van der Waals surface area (Å²) < 4.78 is 1.96. The Hall–Kier alpha value is -0.0600. The van der Waals surface area contributed by atoms with E-state index in [9.17, 15) is 0 Å². The third-order valence-electron chi connectivity index (χ3n) is 1.90. The summed E-state index contributed by atoms with van der Waals surface area (Å²) in [4.78, 5) is 0. The molecule has 0 aliphatic carbocycles. The summed E-state index contributed by atoms with van der Waals surface area (Å²) in [6.45, 7) is 8.72. The van der Waals surface area contributed by atoms with Crippen LogP contribution in [0.4, 0.5) is 0 Å². The molecule has 0 amide bonds. The number of halogens is 1. The van der Waals surface area contributed by atoms with Crippen molar-refractivity contribution in [1.29, 1.82) is 0 Å². The molecule has 0 atom stereocenters. The van der Waals surface area contributed by atoms with Crippen molar-refractivity contribution >= 4 is 22.9 Å². The number of hydrogen-bond donors (Lipinski definition) is 0. The predicted octanol–water partition coefficient (Wildman–Crippen LogP) is 3.33. The van der Waals surface area contributed by atoms with Crippen molar-refractivity contribution in [3.63, 3.8) is 0 Å². The highest BCUT2D eigenvalue weighted by Gasteiger charge is 2.11. The first-order valence-corrected chi connectivity index (χ1v) is 5.25. The Bertz CT molecular complexity index is 263. The van der Waals surface area contributed by atoms with Crippen LogP contribution in [0.25, 0.3) is 0 Å². The maximum atomic E-state index is 4.43. The Morgan fingerprint density at radius 2 is 1.83 bits per heavy atom. The van der Waals surface area contributed by atoms with Gasteiger partial charge < -0.3 is 0 Å². The Balaban J connectivity index is 3.00. The lowest BCUT2D eigenvalue weighted by Crippen LogP contribution is -1.93. The van der Waals surface area contributed by atoms with Gasteiger partial charge in [0.2, 0.25) is 0 Å². The summed E-state index contributed by atoms with van der Waals surface area (Å²) >= 11 is 2.24. The van der Waals surface area contributed by atoms with E-state index in [0.717, 1.165) is 0 Å². The van der Waals surface area contributed by atoms with Gasteiger partial charge in [-0.1, -0.05) is 27.7 Å². The fourth-order valence-corrected chi connectivity index (χ4v) is 2.00. The third kappa shape index (κ3) is 2.00. The lowest BCUT2D eigenvalue weighted by molar-refractivity contribution is 0.780. The second-order valence-corrected chi connectivity index (χ2v) is 4.58. The number of nitrogens with zero attached hydrogens (tertiary/aromatic N) is 2. The van der Waals surface area contributed by atoms with Crippen LogP contribution < -0.4 is 0 Å². The maximum absolute atomic E-state index is 4.43. The predicted molar refractivity (Wildman–Crippen MR) is 59.8 cm³/mol. The van der Waals surface area contributed by atoms with E-state index in [4.69, 9.17) is 0 Å². The standard InChI is InChI=1S/C9H15IN2/c1-6(2)8-5-9(7(3)4)12(10)11-8/h5-7H,1-4H3. The highest BCUT2D eigenvalue weighted by atomic mass is 127. The van der Waals surface area contributed by atoms with Crippen LogP contribution in [0.15, 0.2) is 6.07 Å². The van der Waals surface area contributed by atoms with Crippen LogP contribution in [0.3, 0.4) is 0 Å². The molecule has 0 spiro atoms. The van der Waals surface area contributed by atoms with Crippen molar-refractivity contribution in [3.8, 4) is 0 Å². The Morgan fingerprint density at radius 1 is 1.25 bits per heavy atom. The van der Waals surface area contributed by atoms with Gasteiger partial charge in [-0.15, -0.1) is 0 Å². The third-order valence-corrected chi connectivity index (χ3v) is 2.67. The van der Waals surface area contributed by atoms with Crippen LogP contribution in [0, 0.1) is 0 Å². The summed E-state index contributed by atoms with van der Waals surface area (Å²) in [5.74, 6) is 1.08. The molecule has 0 radical (unpaired) electrons.